The maximum absolute atomic E-state index is 12.3. The molecule has 0 bridgehead atoms. The highest BCUT2D eigenvalue weighted by atomic mass is 16.5. The van der Waals surface area contributed by atoms with Crippen LogP contribution in [0.2, 0.25) is 0 Å². The second kappa shape index (κ2) is 6.48. The third-order valence-electron chi connectivity index (χ3n) is 5.73. The molecule has 3 heteroatoms. The van der Waals surface area contributed by atoms with Gasteiger partial charge in [0.15, 0.2) is 0 Å². The molecule has 124 valence electrons. The third-order valence-corrected chi connectivity index (χ3v) is 5.73. The highest BCUT2D eigenvalue weighted by Gasteiger charge is 2.46. The van der Waals surface area contributed by atoms with Gasteiger partial charge in [0.05, 0.1) is 18.6 Å². The molecular weight excluding hydrogens is 288 g/mol. The first-order valence-electron chi connectivity index (χ1n) is 8.68. The average molecular weight is 314 g/mol. The molecule has 0 spiro atoms. The summed E-state index contributed by atoms with van der Waals surface area (Å²) in [6, 6.07) is 6.25. The number of aliphatic hydroxyl groups excluding tert-OH is 1. The fraction of sp³-hybridized carbons (Fsp3) is 0.550. The van der Waals surface area contributed by atoms with E-state index < -0.39 is 11.5 Å². The van der Waals surface area contributed by atoms with Crippen LogP contribution in [-0.4, -0.2) is 24.1 Å². The Bertz CT molecular complexity index is 632. The molecule has 1 N–H and O–H groups in total. The molecular formula is C20H26O3. The van der Waals surface area contributed by atoms with Gasteiger partial charge in [-0.15, -0.1) is 0 Å². The van der Waals surface area contributed by atoms with Crippen molar-refractivity contribution in [1.82, 2.24) is 0 Å². The predicted octanol–water partition coefficient (Wildman–Crippen LogP) is 3.93. The van der Waals surface area contributed by atoms with Crippen LogP contribution in [0.3, 0.4) is 0 Å². The van der Waals surface area contributed by atoms with Crippen LogP contribution in [-0.2, 0) is 11.2 Å². The van der Waals surface area contributed by atoms with E-state index in [1.165, 1.54) is 16.7 Å². The first-order valence-corrected chi connectivity index (χ1v) is 8.68. The number of Topliss-reactive ketones (excluding diaryl/α,β-unsaturated/α-hetero) is 1. The molecule has 2 aliphatic carbocycles. The van der Waals surface area contributed by atoms with Gasteiger partial charge < -0.3 is 9.84 Å². The number of ketones is 1. The molecule has 23 heavy (non-hydrogen) atoms. The summed E-state index contributed by atoms with van der Waals surface area (Å²) in [4.78, 5) is 12.3. The van der Waals surface area contributed by atoms with Gasteiger partial charge in [0, 0.05) is 6.42 Å². The normalized spacial score (nSPS) is 28.9. The van der Waals surface area contributed by atoms with Gasteiger partial charge in [0.1, 0.15) is 11.5 Å². The SMILES string of the molecule is CCC1(C/C=C2\CCCc3cc(OC)ccc32)C(=O)CCC1O. The van der Waals surface area contributed by atoms with Crippen molar-refractivity contribution in [3.05, 3.63) is 35.4 Å². The maximum atomic E-state index is 12.3. The Morgan fingerprint density at radius 2 is 2.17 bits per heavy atom. The predicted molar refractivity (Wildman–Crippen MR) is 91.5 cm³/mol. The molecule has 1 saturated carbocycles. The molecule has 0 aliphatic heterocycles. The van der Waals surface area contributed by atoms with Gasteiger partial charge >= 0.3 is 0 Å². The Hall–Kier alpha value is -1.61. The van der Waals surface area contributed by atoms with Crippen molar-refractivity contribution in [3.8, 4) is 5.75 Å². The number of aliphatic hydroxyl groups is 1. The van der Waals surface area contributed by atoms with Gasteiger partial charge in [-0.3, -0.25) is 4.79 Å². The van der Waals surface area contributed by atoms with Crippen LogP contribution in [0.4, 0.5) is 0 Å². The Morgan fingerprint density at radius 3 is 2.83 bits per heavy atom. The smallest absolute Gasteiger partial charge is 0.142 e. The molecule has 3 nitrogen and oxygen atoms in total. The van der Waals surface area contributed by atoms with E-state index in [0.29, 0.717) is 25.7 Å². The van der Waals surface area contributed by atoms with Gasteiger partial charge in [-0.1, -0.05) is 19.1 Å². The van der Waals surface area contributed by atoms with Crippen molar-refractivity contribution < 1.29 is 14.6 Å². The van der Waals surface area contributed by atoms with E-state index in [1.54, 1.807) is 7.11 Å². The molecule has 2 aliphatic rings. The average Bonchev–Trinajstić information content (AvgIpc) is 2.87. The Morgan fingerprint density at radius 1 is 1.35 bits per heavy atom. The number of rotatable bonds is 4. The summed E-state index contributed by atoms with van der Waals surface area (Å²) < 4.78 is 5.32. The summed E-state index contributed by atoms with van der Waals surface area (Å²) in [5.74, 6) is 1.13. The molecule has 0 heterocycles. The minimum Gasteiger partial charge on any atom is -0.497 e. The number of hydrogen-bond donors (Lipinski definition) is 1. The Kier molecular flexibility index (Phi) is 4.58. The number of allylic oxidation sites excluding steroid dienone is 2. The fourth-order valence-electron chi connectivity index (χ4n) is 4.14. The topological polar surface area (TPSA) is 46.5 Å². The van der Waals surface area contributed by atoms with E-state index in [9.17, 15) is 9.90 Å². The van der Waals surface area contributed by atoms with Crippen LogP contribution in [0.25, 0.3) is 5.57 Å². The van der Waals surface area contributed by atoms with E-state index in [4.69, 9.17) is 4.74 Å². The van der Waals surface area contributed by atoms with E-state index in [1.807, 2.05) is 13.0 Å². The summed E-state index contributed by atoms with van der Waals surface area (Å²) in [7, 11) is 1.69. The van der Waals surface area contributed by atoms with Gasteiger partial charge in [0.2, 0.25) is 0 Å². The maximum Gasteiger partial charge on any atom is 0.142 e. The zero-order valence-electron chi connectivity index (χ0n) is 14.1. The van der Waals surface area contributed by atoms with Crippen LogP contribution < -0.4 is 4.74 Å². The van der Waals surface area contributed by atoms with Gasteiger partial charge in [-0.05, 0) is 67.4 Å². The van der Waals surface area contributed by atoms with Crippen molar-refractivity contribution in [2.24, 2.45) is 5.41 Å². The monoisotopic (exact) mass is 314 g/mol. The molecule has 0 amide bonds. The molecule has 1 aromatic rings. The van der Waals surface area contributed by atoms with Gasteiger partial charge in [-0.2, -0.15) is 0 Å². The number of hydrogen-bond acceptors (Lipinski definition) is 3. The molecule has 2 unspecified atom stereocenters. The minimum absolute atomic E-state index is 0.232. The van der Waals surface area contributed by atoms with E-state index in [0.717, 1.165) is 25.0 Å². The zero-order chi connectivity index (χ0) is 16.4. The Labute approximate surface area is 138 Å². The largest absolute Gasteiger partial charge is 0.497 e. The van der Waals surface area contributed by atoms with Crippen LogP contribution in [0, 0.1) is 5.41 Å². The molecule has 0 saturated heterocycles. The van der Waals surface area contributed by atoms with Crippen molar-refractivity contribution in [2.75, 3.05) is 7.11 Å². The molecule has 0 radical (unpaired) electrons. The van der Waals surface area contributed by atoms with Gasteiger partial charge in [0.25, 0.3) is 0 Å². The van der Waals surface area contributed by atoms with Crippen molar-refractivity contribution in [3.63, 3.8) is 0 Å². The highest BCUT2D eigenvalue weighted by molar-refractivity contribution is 5.88. The number of methoxy groups -OCH3 is 1. The summed E-state index contributed by atoms with van der Waals surface area (Å²) in [5, 5.41) is 10.3. The summed E-state index contributed by atoms with van der Waals surface area (Å²) in [6.07, 6.45) is 7.47. The minimum atomic E-state index is -0.558. The van der Waals surface area contributed by atoms with Crippen LogP contribution in [0.15, 0.2) is 24.3 Å². The lowest BCUT2D eigenvalue weighted by Gasteiger charge is -2.29. The number of aryl methyl sites for hydroxylation is 1. The lowest BCUT2D eigenvalue weighted by Crippen LogP contribution is -2.35. The van der Waals surface area contributed by atoms with E-state index in [2.05, 4.69) is 18.2 Å². The lowest BCUT2D eigenvalue weighted by molar-refractivity contribution is -0.129. The quantitative estimate of drug-likeness (QED) is 0.916. The van der Waals surface area contributed by atoms with Crippen molar-refractivity contribution in [2.45, 2.75) is 58.0 Å². The summed E-state index contributed by atoms with van der Waals surface area (Å²) in [6.45, 7) is 2.02. The first kappa shape index (κ1) is 16.3. The molecule has 2 atom stereocenters. The first-order chi connectivity index (χ1) is 11.1. The van der Waals surface area contributed by atoms with E-state index >= 15 is 0 Å². The number of fused-ring (bicyclic) bond motifs is 1. The second-order valence-electron chi connectivity index (χ2n) is 6.80. The van der Waals surface area contributed by atoms with Crippen LogP contribution in [0.1, 0.15) is 56.6 Å². The van der Waals surface area contributed by atoms with E-state index in [-0.39, 0.29) is 5.78 Å². The van der Waals surface area contributed by atoms with Crippen molar-refractivity contribution >= 4 is 11.4 Å². The highest BCUT2D eigenvalue weighted by Crippen LogP contribution is 2.43. The molecule has 3 rings (SSSR count). The summed E-state index contributed by atoms with van der Waals surface area (Å²) in [5.41, 5.74) is 3.36. The third kappa shape index (κ3) is 2.83. The summed E-state index contributed by atoms with van der Waals surface area (Å²) >= 11 is 0. The number of carbonyl (C=O) groups is 1. The zero-order valence-corrected chi connectivity index (χ0v) is 14.1. The van der Waals surface area contributed by atoms with Crippen molar-refractivity contribution in [1.29, 1.82) is 0 Å². The lowest BCUT2D eigenvalue weighted by atomic mass is 9.76. The number of carbonyl (C=O) groups excluding carboxylic acids is 1. The number of ether oxygens (including phenoxy) is 1. The Balaban J connectivity index is 1.88. The molecule has 1 fully saturated rings. The number of benzene rings is 1. The second-order valence-corrected chi connectivity index (χ2v) is 6.80. The molecule has 1 aromatic carbocycles. The molecule has 0 aromatic heterocycles. The fourth-order valence-corrected chi connectivity index (χ4v) is 4.14. The van der Waals surface area contributed by atoms with Gasteiger partial charge in [-0.25, -0.2) is 0 Å². The van der Waals surface area contributed by atoms with Crippen LogP contribution in [0.5, 0.6) is 5.75 Å². The standard InChI is InChI=1S/C20H26O3/c1-3-20(18(21)9-10-19(20)22)12-11-14-5-4-6-15-13-16(23-2)7-8-17(14)15/h7-8,11,13,18,21H,3-6,9-10,12H2,1-2H3/b14-11+. The van der Waals surface area contributed by atoms with Crippen LogP contribution >= 0.6 is 0 Å².